The van der Waals surface area contributed by atoms with Crippen molar-refractivity contribution in [3.63, 3.8) is 0 Å². The molecular formula is C11H19F2N3O. The summed E-state index contributed by atoms with van der Waals surface area (Å²) < 4.78 is 30.7. The number of halogens is 2. The number of hydrogen-bond acceptors (Lipinski definition) is 3. The molecule has 0 amide bonds. The van der Waals surface area contributed by atoms with Crippen molar-refractivity contribution in [3.05, 3.63) is 17.5 Å². The first-order valence-corrected chi connectivity index (χ1v) is 5.64. The summed E-state index contributed by atoms with van der Waals surface area (Å²) in [5, 5.41) is 7.17. The van der Waals surface area contributed by atoms with E-state index >= 15 is 0 Å². The highest BCUT2D eigenvalue weighted by Crippen LogP contribution is 2.08. The summed E-state index contributed by atoms with van der Waals surface area (Å²) in [7, 11) is 1.67. The Labute approximate surface area is 100.0 Å². The monoisotopic (exact) mass is 247 g/mol. The molecule has 0 aliphatic carbocycles. The predicted molar refractivity (Wildman–Crippen MR) is 61.2 cm³/mol. The highest BCUT2D eigenvalue weighted by atomic mass is 19.3. The molecule has 17 heavy (non-hydrogen) atoms. The largest absolute Gasteiger partial charge is 0.385 e. The van der Waals surface area contributed by atoms with E-state index in [0.29, 0.717) is 6.54 Å². The van der Waals surface area contributed by atoms with Gasteiger partial charge in [0.25, 0.3) is 6.43 Å². The van der Waals surface area contributed by atoms with Gasteiger partial charge in [-0.05, 0) is 19.9 Å². The second kappa shape index (κ2) is 7.34. The third-order valence-electron chi connectivity index (χ3n) is 2.53. The molecule has 1 N–H and O–H groups in total. The van der Waals surface area contributed by atoms with Crippen LogP contribution >= 0.6 is 0 Å². The van der Waals surface area contributed by atoms with Crippen LogP contribution in [0.3, 0.4) is 0 Å². The Morgan fingerprint density at radius 1 is 1.53 bits per heavy atom. The summed E-state index contributed by atoms with van der Waals surface area (Å²) in [5.41, 5.74) is 1.76. The number of hydrogen-bond donors (Lipinski definition) is 1. The first-order chi connectivity index (χ1) is 8.15. The Morgan fingerprint density at radius 3 is 2.94 bits per heavy atom. The zero-order valence-electron chi connectivity index (χ0n) is 10.2. The molecule has 0 aliphatic rings. The van der Waals surface area contributed by atoms with Crippen LogP contribution in [0.2, 0.25) is 0 Å². The molecule has 0 aliphatic heterocycles. The number of nitrogens with one attached hydrogen (secondary N) is 1. The predicted octanol–water partition coefficient (Wildman–Crippen LogP) is 1.58. The Bertz CT molecular complexity index is 329. The Hall–Kier alpha value is -1.01. The lowest BCUT2D eigenvalue weighted by atomic mass is 10.2. The quantitative estimate of drug-likeness (QED) is 0.709. The number of methoxy groups -OCH3 is 1. The van der Waals surface area contributed by atoms with Crippen LogP contribution in [0.4, 0.5) is 8.78 Å². The molecule has 4 nitrogen and oxygen atoms in total. The van der Waals surface area contributed by atoms with Gasteiger partial charge in [-0.2, -0.15) is 5.10 Å². The van der Waals surface area contributed by atoms with E-state index in [2.05, 4.69) is 10.4 Å². The topological polar surface area (TPSA) is 39.1 Å². The summed E-state index contributed by atoms with van der Waals surface area (Å²) in [6, 6.07) is 0. The zero-order valence-corrected chi connectivity index (χ0v) is 10.2. The minimum absolute atomic E-state index is 0.338. The van der Waals surface area contributed by atoms with Crippen molar-refractivity contribution in [1.82, 2.24) is 15.1 Å². The molecule has 1 heterocycles. The van der Waals surface area contributed by atoms with Gasteiger partial charge in [0.1, 0.15) is 6.54 Å². The van der Waals surface area contributed by atoms with Crippen molar-refractivity contribution in [3.8, 4) is 0 Å². The molecule has 1 aromatic rings. The number of ether oxygens (including phenoxy) is 1. The minimum Gasteiger partial charge on any atom is -0.385 e. The van der Waals surface area contributed by atoms with Gasteiger partial charge in [-0.1, -0.05) is 0 Å². The third kappa shape index (κ3) is 4.79. The lowest BCUT2D eigenvalue weighted by Crippen LogP contribution is -2.17. The van der Waals surface area contributed by atoms with Crippen molar-refractivity contribution in [2.75, 3.05) is 20.3 Å². The Morgan fingerprint density at radius 2 is 2.29 bits per heavy atom. The lowest BCUT2D eigenvalue weighted by Gasteiger charge is -2.06. The van der Waals surface area contributed by atoms with Gasteiger partial charge in [0.05, 0.1) is 6.20 Å². The van der Waals surface area contributed by atoms with Crippen molar-refractivity contribution >= 4 is 0 Å². The number of rotatable bonds is 8. The van der Waals surface area contributed by atoms with E-state index in [9.17, 15) is 8.78 Å². The smallest absolute Gasteiger partial charge is 0.257 e. The standard InChI is InChI=1S/C11H19F2N3O/c1-9-10(6-14-4-3-5-17-2)7-15-16(9)8-11(12)13/h7,11,14H,3-6,8H2,1-2H3. The van der Waals surface area contributed by atoms with Crippen molar-refractivity contribution in [2.45, 2.75) is 32.9 Å². The average Bonchev–Trinajstić information content (AvgIpc) is 2.60. The van der Waals surface area contributed by atoms with Crippen LogP contribution in [-0.4, -0.2) is 36.5 Å². The molecule has 0 fully saturated rings. The first kappa shape index (κ1) is 14.1. The van der Waals surface area contributed by atoms with Crippen LogP contribution in [0.1, 0.15) is 17.7 Å². The van der Waals surface area contributed by atoms with E-state index in [1.165, 1.54) is 4.68 Å². The van der Waals surface area contributed by atoms with Crippen LogP contribution in [-0.2, 0) is 17.8 Å². The molecule has 6 heteroatoms. The van der Waals surface area contributed by atoms with Crippen molar-refractivity contribution in [2.24, 2.45) is 0 Å². The molecule has 98 valence electrons. The fourth-order valence-corrected chi connectivity index (χ4v) is 1.54. The second-order valence-electron chi connectivity index (χ2n) is 3.85. The Kier molecular flexibility index (Phi) is 6.07. The average molecular weight is 247 g/mol. The van der Waals surface area contributed by atoms with E-state index in [1.807, 2.05) is 6.92 Å². The third-order valence-corrected chi connectivity index (χ3v) is 2.53. The van der Waals surface area contributed by atoms with Gasteiger partial charge in [0.2, 0.25) is 0 Å². The molecule has 1 rings (SSSR count). The normalized spacial score (nSPS) is 11.4. The maximum Gasteiger partial charge on any atom is 0.257 e. The van der Waals surface area contributed by atoms with Gasteiger partial charge in [-0.15, -0.1) is 0 Å². The molecule has 0 spiro atoms. The summed E-state index contributed by atoms with van der Waals surface area (Å²) in [6.45, 7) is 3.68. The lowest BCUT2D eigenvalue weighted by molar-refractivity contribution is 0.121. The summed E-state index contributed by atoms with van der Waals surface area (Å²) >= 11 is 0. The van der Waals surface area contributed by atoms with Crippen LogP contribution in [0.25, 0.3) is 0 Å². The van der Waals surface area contributed by atoms with Gasteiger partial charge in [-0.3, -0.25) is 4.68 Å². The molecule has 0 unspecified atom stereocenters. The van der Waals surface area contributed by atoms with Crippen LogP contribution in [0.15, 0.2) is 6.20 Å². The van der Waals surface area contributed by atoms with Crippen molar-refractivity contribution in [1.29, 1.82) is 0 Å². The minimum atomic E-state index is -2.36. The number of aromatic nitrogens is 2. The highest BCUT2D eigenvalue weighted by Gasteiger charge is 2.10. The summed E-state index contributed by atoms with van der Waals surface area (Å²) in [4.78, 5) is 0. The van der Waals surface area contributed by atoms with Gasteiger partial charge in [-0.25, -0.2) is 8.78 Å². The molecule has 1 aromatic heterocycles. The van der Waals surface area contributed by atoms with Crippen LogP contribution in [0.5, 0.6) is 0 Å². The molecule has 0 aromatic carbocycles. The first-order valence-electron chi connectivity index (χ1n) is 5.64. The molecule has 0 radical (unpaired) electrons. The van der Waals surface area contributed by atoms with Gasteiger partial charge < -0.3 is 10.1 Å². The van der Waals surface area contributed by atoms with Crippen LogP contribution in [0, 0.1) is 6.92 Å². The molecule has 0 atom stereocenters. The number of alkyl halides is 2. The van der Waals surface area contributed by atoms with E-state index in [4.69, 9.17) is 4.74 Å². The molecule has 0 saturated heterocycles. The maximum absolute atomic E-state index is 12.2. The van der Waals surface area contributed by atoms with E-state index < -0.39 is 6.43 Å². The van der Waals surface area contributed by atoms with E-state index in [0.717, 1.165) is 30.8 Å². The zero-order chi connectivity index (χ0) is 12.7. The Balaban J connectivity index is 2.36. The second-order valence-corrected chi connectivity index (χ2v) is 3.85. The van der Waals surface area contributed by atoms with E-state index in [-0.39, 0.29) is 6.54 Å². The van der Waals surface area contributed by atoms with Gasteiger partial charge in [0.15, 0.2) is 0 Å². The summed E-state index contributed by atoms with van der Waals surface area (Å²) in [5.74, 6) is 0. The van der Waals surface area contributed by atoms with Gasteiger partial charge in [0, 0.05) is 31.5 Å². The summed E-state index contributed by atoms with van der Waals surface area (Å²) in [6.07, 6.45) is 0.206. The molecular weight excluding hydrogens is 228 g/mol. The fourth-order valence-electron chi connectivity index (χ4n) is 1.54. The SMILES string of the molecule is COCCCNCc1cnn(CC(F)F)c1C. The molecule has 0 saturated carbocycles. The highest BCUT2D eigenvalue weighted by molar-refractivity contribution is 5.15. The molecule has 0 bridgehead atoms. The fraction of sp³-hybridized carbons (Fsp3) is 0.727. The maximum atomic E-state index is 12.2. The van der Waals surface area contributed by atoms with Gasteiger partial charge >= 0.3 is 0 Å². The number of nitrogens with zero attached hydrogens (tertiary/aromatic N) is 2. The van der Waals surface area contributed by atoms with Crippen LogP contribution < -0.4 is 5.32 Å². The van der Waals surface area contributed by atoms with Crippen molar-refractivity contribution < 1.29 is 13.5 Å². The van der Waals surface area contributed by atoms with E-state index in [1.54, 1.807) is 13.3 Å².